The maximum absolute atomic E-state index is 13.4. The number of nitrogens with zero attached hydrogens (tertiary/aromatic N) is 1. The second kappa shape index (κ2) is 7.12. The standard InChI is InChI=1S/C18H17FN2O2/c1-22-17-7-13(6-15(19)9-17)2-3-14-8-18(11-20-10-14)23-12-16-4-5-21-16/h6-11,16,21H,4-5,12H2,1H3/t16-/m0/s1. The first kappa shape index (κ1) is 15.3. The summed E-state index contributed by atoms with van der Waals surface area (Å²) in [5, 5.41) is 3.27. The Morgan fingerprint density at radius 1 is 1.17 bits per heavy atom. The monoisotopic (exact) mass is 312 g/mol. The minimum atomic E-state index is -0.378. The summed E-state index contributed by atoms with van der Waals surface area (Å²) < 4.78 is 24.2. The molecular formula is C18H17FN2O2. The molecule has 4 nitrogen and oxygen atoms in total. The summed E-state index contributed by atoms with van der Waals surface area (Å²) in [6, 6.07) is 6.62. The van der Waals surface area contributed by atoms with Crippen molar-refractivity contribution in [2.24, 2.45) is 0 Å². The van der Waals surface area contributed by atoms with Crippen LogP contribution in [0.15, 0.2) is 36.7 Å². The number of rotatable bonds is 4. The van der Waals surface area contributed by atoms with Crippen molar-refractivity contribution in [1.82, 2.24) is 10.3 Å². The van der Waals surface area contributed by atoms with Crippen molar-refractivity contribution in [1.29, 1.82) is 0 Å². The Hall–Kier alpha value is -2.58. The van der Waals surface area contributed by atoms with E-state index >= 15 is 0 Å². The molecule has 23 heavy (non-hydrogen) atoms. The fraction of sp³-hybridized carbons (Fsp3) is 0.278. The third-order valence-corrected chi connectivity index (χ3v) is 3.55. The summed E-state index contributed by atoms with van der Waals surface area (Å²) in [6.07, 6.45) is 4.45. The second-order valence-corrected chi connectivity index (χ2v) is 5.29. The average Bonchev–Trinajstić information content (AvgIpc) is 2.51. The lowest BCUT2D eigenvalue weighted by atomic mass is 10.1. The van der Waals surface area contributed by atoms with E-state index in [1.54, 1.807) is 18.5 Å². The van der Waals surface area contributed by atoms with Crippen molar-refractivity contribution in [3.8, 4) is 23.3 Å². The number of ether oxygens (including phenoxy) is 2. The van der Waals surface area contributed by atoms with Gasteiger partial charge in [0.15, 0.2) is 0 Å². The van der Waals surface area contributed by atoms with E-state index < -0.39 is 0 Å². The van der Waals surface area contributed by atoms with Gasteiger partial charge >= 0.3 is 0 Å². The quantitative estimate of drug-likeness (QED) is 0.880. The molecule has 118 valence electrons. The lowest BCUT2D eigenvalue weighted by Gasteiger charge is -2.27. The SMILES string of the molecule is COc1cc(F)cc(C#Cc2cncc(OC[C@@H]3CCN3)c2)c1. The molecule has 1 saturated heterocycles. The van der Waals surface area contributed by atoms with Crippen molar-refractivity contribution in [2.75, 3.05) is 20.3 Å². The molecule has 1 fully saturated rings. The second-order valence-electron chi connectivity index (χ2n) is 5.29. The first-order chi connectivity index (χ1) is 11.2. The summed E-state index contributed by atoms with van der Waals surface area (Å²) in [5.41, 5.74) is 1.26. The molecule has 0 spiro atoms. The van der Waals surface area contributed by atoms with E-state index in [-0.39, 0.29) is 5.82 Å². The molecule has 1 aromatic carbocycles. The Morgan fingerprint density at radius 2 is 1.96 bits per heavy atom. The van der Waals surface area contributed by atoms with Crippen molar-refractivity contribution >= 4 is 0 Å². The number of hydrogen-bond acceptors (Lipinski definition) is 4. The lowest BCUT2D eigenvalue weighted by Crippen LogP contribution is -2.46. The van der Waals surface area contributed by atoms with Crippen LogP contribution in [-0.4, -0.2) is 31.3 Å². The zero-order valence-corrected chi connectivity index (χ0v) is 12.8. The zero-order chi connectivity index (χ0) is 16.1. The molecular weight excluding hydrogens is 295 g/mol. The van der Waals surface area contributed by atoms with Gasteiger partial charge < -0.3 is 14.8 Å². The Labute approximate surface area is 134 Å². The van der Waals surface area contributed by atoms with E-state index in [1.807, 2.05) is 6.07 Å². The molecule has 1 aromatic heterocycles. The van der Waals surface area contributed by atoms with Crippen LogP contribution in [0.1, 0.15) is 17.5 Å². The molecule has 2 heterocycles. The fourth-order valence-electron chi connectivity index (χ4n) is 2.15. The molecule has 5 heteroatoms. The van der Waals surface area contributed by atoms with Crippen molar-refractivity contribution < 1.29 is 13.9 Å². The molecule has 0 amide bonds. The van der Waals surface area contributed by atoms with Crippen LogP contribution < -0.4 is 14.8 Å². The summed E-state index contributed by atoms with van der Waals surface area (Å²) in [4.78, 5) is 4.12. The average molecular weight is 312 g/mol. The molecule has 0 aliphatic carbocycles. The maximum Gasteiger partial charge on any atom is 0.138 e. The molecule has 3 rings (SSSR count). The Kier molecular flexibility index (Phi) is 4.74. The van der Waals surface area contributed by atoms with Gasteiger partial charge in [-0.2, -0.15) is 0 Å². The van der Waals surface area contributed by atoms with Gasteiger partial charge in [0, 0.05) is 29.4 Å². The molecule has 2 aromatic rings. The Morgan fingerprint density at radius 3 is 2.70 bits per heavy atom. The third-order valence-electron chi connectivity index (χ3n) is 3.55. The van der Waals surface area contributed by atoms with E-state index in [1.165, 1.54) is 19.2 Å². The van der Waals surface area contributed by atoms with E-state index in [4.69, 9.17) is 9.47 Å². The van der Waals surface area contributed by atoms with Gasteiger partial charge in [-0.3, -0.25) is 4.98 Å². The largest absolute Gasteiger partial charge is 0.497 e. The van der Waals surface area contributed by atoms with Gasteiger partial charge in [-0.15, -0.1) is 0 Å². The molecule has 0 radical (unpaired) electrons. The third kappa shape index (κ3) is 4.21. The number of aromatic nitrogens is 1. The van der Waals surface area contributed by atoms with E-state index in [9.17, 15) is 4.39 Å². The van der Waals surface area contributed by atoms with Crippen LogP contribution in [-0.2, 0) is 0 Å². The smallest absolute Gasteiger partial charge is 0.138 e. The van der Waals surface area contributed by atoms with E-state index in [0.717, 1.165) is 13.0 Å². The van der Waals surface area contributed by atoms with Gasteiger partial charge in [-0.25, -0.2) is 4.39 Å². The van der Waals surface area contributed by atoms with Crippen LogP contribution in [0.5, 0.6) is 11.5 Å². The predicted molar refractivity (Wildman–Crippen MR) is 85.1 cm³/mol. The summed E-state index contributed by atoms with van der Waals surface area (Å²) in [7, 11) is 1.49. The highest BCUT2D eigenvalue weighted by Crippen LogP contribution is 2.16. The Bertz CT molecular complexity index is 748. The lowest BCUT2D eigenvalue weighted by molar-refractivity contribution is 0.217. The van der Waals surface area contributed by atoms with Gasteiger partial charge in [0.05, 0.1) is 13.3 Å². The molecule has 1 aliphatic rings. The van der Waals surface area contributed by atoms with Gasteiger partial charge in [0.25, 0.3) is 0 Å². The predicted octanol–water partition coefficient (Wildman–Crippen LogP) is 2.37. The van der Waals surface area contributed by atoms with Crippen LogP contribution >= 0.6 is 0 Å². The number of nitrogens with one attached hydrogen (secondary N) is 1. The van der Waals surface area contributed by atoms with E-state index in [0.29, 0.717) is 35.3 Å². The number of benzene rings is 1. The highest BCUT2D eigenvalue weighted by atomic mass is 19.1. The molecule has 0 bridgehead atoms. The topological polar surface area (TPSA) is 43.4 Å². The number of hydrogen-bond donors (Lipinski definition) is 1. The maximum atomic E-state index is 13.4. The van der Waals surface area contributed by atoms with E-state index in [2.05, 4.69) is 22.1 Å². The highest BCUT2D eigenvalue weighted by Gasteiger charge is 2.16. The molecule has 1 N–H and O–H groups in total. The molecule has 1 aliphatic heterocycles. The van der Waals surface area contributed by atoms with Crippen LogP contribution in [0.2, 0.25) is 0 Å². The number of pyridine rings is 1. The highest BCUT2D eigenvalue weighted by molar-refractivity contribution is 5.46. The van der Waals surface area contributed by atoms with Crippen LogP contribution in [0.25, 0.3) is 0 Å². The van der Waals surface area contributed by atoms with Crippen molar-refractivity contribution in [2.45, 2.75) is 12.5 Å². The summed E-state index contributed by atoms with van der Waals surface area (Å²) >= 11 is 0. The summed E-state index contributed by atoms with van der Waals surface area (Å²) in [6.45, 7) is 1.68. The van der Waals surface area contributed by atoms with Crippen molar-refractivity contribution in [3.63, 3.8) is 0 Å². The minimum Gasteiger partial charge on any atom is -0.497 e. The molecule has 0 unspecified atom stereocenters. The van der Waals surface area contributed by atoms with Gasteiger partial charge in [-0.05, 0) is 31.2 Å². The number of methoxy groups -OCH3 is 1. The van der Waals surface area contributed by atoms with Gasteiger partial charge in [0.2, 0.25) is 0 Å². The summed E-state index contributed by atoms with van der Waals surface area (Å²) in [5.74, 6) is 6.63. The molecule has 0 saturated carbocycles. The fourth-order valence-corrected chi connectivity index (χ4v) is 2.15. The van der Waals surface area contributed by atoms with Gasteiger partial charge in [-0.1, -0.05) is 11.8 Å². The minimum absolute atomic E-state index is 0.378. The first-order valence-electron chi connectivity index (χ1n) is 7.41. The Balaban J connectivity index is 1.71. The number of halogens is 1. The normalized spacial score (nSPS) is 16.0. The van der Waals surface area contributed by atoms with Crippen LogP contribution in [0.4, 0.5) is 4.39 Å². The van der Waals surface area contributed by atoms with Crippen LogP contribution in [0.3, 0.4) is 0 Å². The molecule has 1 atom stereocenters. The zero-order valence-electron chi connectivity index (χ0n) is 12.8. The van der Waals surface area contributed by atoms with Gasteiger partial charge in [0.1, 0.15) is 23.9 Å². The first-order valence-corrected chi connectivity index (χ1v) is 7.41. The van der Waals surface area contributed by atoms with Crippen LogP contribution in [0, 0.1) is 17.7 Å². The van der Waals surface area contributed by atoms with Crippen molar-refractivity contribution in [3.05, 3.63) is 53.6 Å².